The summed E-state index contributed by atoms with van der Waals surface area (Å²) in [7, 11) is -4.13. The smallest absolute Gasteiger partial charge is 0.324 e. The number of rotatable bonds is 6. The number of para-hydroxylation sites is 1. The lowest BCUT2D eigenvalue weighted by Gasteiger charge is -2.16. The molecule has 0 saturated carbocycles. The molecule has 12 heteroatoms. The fraction of sp³-hybridized carbons (Fsp3) is 0.211. The van der Waals surface area contributed by atoms with Gasteiger partial charge in [-0.25, -0.2) is 13.2 Å². The van der Waals surface area contributed by atoms with Gasteiger partial charge in [-0.3, -0.25) is 19.2 Å². The molecule has 0 bridgehead atoms. The average Bonchev–Trinajstić information content (AvgIpc) is 2.86. The second-order valence-corrected chi connectivity index (χ2v) is 9.69. The molecule has 2 aromatic rings. The van der Waals surface area contributed by atoms with Gasteiger partial charge in [0.15, 0.2) is 0 Å². The van der Waals surface area contributed by atoms with Crippen LogP contribution < -0.4 is 15.4 Å². The van der Waals surface area contributed by atoms with Crippen LogP contribution in [0.4, 0.5) is 16.2 Å². The van der Waals surface area contributed by atoms with Crippen LogP contribution in [0.3, 0.4) is 0 Å². The van der Waals surface area contributed by atoms with Gasteiger partial charge in [0.1, 0.15) is 17.0 Å². The van der Waals surface area contributed by atoms with E-state index in [-0.39, 0.29) is 26.3 Å². The second-order valence-electron chi connectivity index (χ2n) is 7.23. The van der Waals surface area contributed by atoms with Gasteiger partial charge in [0.2, 0.25) is 5.91 Å². The van der Waals surface area contributed by atoms with E-state index in [4.69, 9.17) is 23.2 Å². The first-order valence-corrected chi connectivity index (χ1v) is 11.2. The number of carbonyl (C=O) groups is 3. The highest BCUT2D eigenvalue weighted by Gasteiger charge is 2.44. The number of sulfonamides is 1. The molecule has 1 aliphatic rings. The van der Waals surface area contributed by atoms with Crippen LogP contribution in [0.5, 0.6) is 0 Å². The van der Waals surface area contributed by atoms with E-state index in [0.717, 1.165) is 11.0 Å². The number of benzene rings is 2. The van der Waals surface area contributed by atoms with E-state index in [0.29, 0.717) is 0 Å². The third-order valence-corrected chi connectivity index (χ3v) is 6.55. The van der Waals surface area contributed by atoms with Crippen molar-refractivity contribution in [2.24, 2.45) is 0 Å². The molecule has 1 fully saturated rings. The lowest BCUT2D eigenvalue weighted by molar-refractivity contribution is -0.132. The van der Waals surface area contributed by atoms with E-state index >= 15 is 0 Å². The van der Waals surface area contributed by atoms with Crippen LogP contribution in [0.2, 0.25) is 10.0 Å². The summed E-state index contributed by atoms with van der Waals surface area (Å²) in [6, 6.07) is 9.44. The van der Waals surface area contributed by atoms with Crippen LogP contribution in [0.25, 0.3) is 0 Å². The number of hydrogen-bond acceptors (Lipinski definition) is 5. The number of halogens is 2. The molecule has 1 aliphatic heterocycles. The summed E-state index contributed by atoms with van der Waals surface area (Å²) >= 11 is 12.1. The minimum atomic E-state index is -4.13. The highest BCUT2D eigenvalue weighted by atomic mass is 35.5. The van der Waals surface area contributed by atoms with Crippen molar-refractivity contribution in [1.82, 2.24) is 10.2 Å². The molecule has 4 amide bonds. The topological polar surface area (TPSA) is 125 Å². The Labute approximate surface area is 188 Å². The third kappa shape index (κ3) is 4.92. The Morgan fingerprint density at radius 3 is 2.39 bits per heavy atom. The van der Waals surface area contributed by atoms with Crippen LogP contribution in [-0.2, 0) is 19.6 Å². The van der Waals surface area contributed by atoms with Gasteiger partial charge in [-0.1, -0.05) is 35.3 Å². The Morgan fingerprint density at radius 2 is 1.77 bits per heavy atom. The van der Waals surface area contributed by atoms with Crippen LogP contribution in [0, 0.1) is 0 Å². The molecule has 9 nitrogen and oxygen atoms in total. The molecular weight excluding hydrogens is 467 g/mol. The van der Waals surface area contributed by atoms with Crippen molar-refractivity contribution in [3.8, 4) is 0 Å². The van der Waals surface area contributed by atoms with Gasteiger partial charge >= 0.3 is 6.03 Å². The summed E-state index contributed by atoms with van der Waals surface area (Å²) < 4.78 is 27.9. The lowest BCUT2D eigenvalue weighted by Crippen LogP contribution is -2.41. The minimum Gasteiger partial charge on any atom is -0.324 e. The zero-order valence-electron chi connectivity index (χ0n) is 16.4. The third-order valence-electron chi connectivity index (χ3n) is 4.37. The van der Waals surface area contributed by atoms with Gasteiger partial charge in [-0.05, 0) is 44.2 Å². The molecule has 0 spiro atoms. The summed E-state index contributed by atoms with van der Waals surface area (Å²) in [5.74, 6) is -1.23. The van der Waals surface area contributed by atoms with Crippen molar-refractivity contribution in [1.29, 1.82) is 0 Å². The van der Waals surface area contributed by atoms with Crippen LogP contribution in [-0.4, -0.2) is 43.2 Å². The highest BCUT2D eigenvalue weighted by Crippen LogP contribution is 2.29. The molecule has 31 heavy (non-hydrogen) atoms. The largest absolute Gasteiger partial charge is 0.325 e. The van der Waals surface area contributed by atoms with Crippen molar-refractivity contribution in [3.05, 3.63) is 52.5 Å². The van der Waals surface area contributed by atoms with Gasteiger partial charge < -0.3 is 10.6 Å². The maximum Gasteiger partial charge on any atom is 0.325 e. The number of anilines is 2. The molecule has 1 saturated heterocycles. The number of urea groups is 1. The van der Waals surface area contributed by atoms with Gasteiger partial charge in [0, 0.05) is 5.69 Å². The SMILES string of the molecule is CC1(C)NC(=O)N(CC(=O)Nc2ccc(Cl)c(S(=O)(=O)Nc3ccccc3Cl)c2)C1=O. The van der Waals surface area contributed by atoms with Crippen molar-refractivity contribution in [3.63, 3.8) is 0 Å². The van der Waals surface area contributed by atoms with Gasteiger partial charge in [0.05, 0.1) is 15.7 Å². The van der Waals surface area contributed by atoms with E-state index in [9.17, 15) is 22.8 Å². The summed E-state index contributed by atoms with van der Waals surface area (Å²) in [6.07, 6.45) is 0. The monoisotopic (exact) mass is 484 g/mol. The summed E-state index contributed by atoms with van der Waals surface area (Å²) in [6.45, 7) is 2.51. The van der Waals surface area contributed by atoms with Crippen LogP contribution >= 0.6 is 23.2 Å². The fourth-order valence-corrected chi connectivity index (χ4v) is 4.68. The van der Waals surface area contributed by atoms with Gasteiger partial charge in [0.25, 0.3) is 15.9 Å². The molecule has 1 heterocycles. The zero-order chi connectivity index (χ0) is 23.0. The number of nitrogens with one attached hydrogen (secondary N) is 3. The summed E-state index contributed by atoms with van der Waals surface area (Å²) in [5.41, 5.74) is -0.834. The molecule has 3 rings (SSSR count). The van der Waals surface area contributed by atoms with Crippen LogP contribution in [0.1, 0.15) is 13.8 Å². The Morgan fingerprint density at radius 1 is 1.10 bits per heavy atom. The second kappa shape index (κ2) is 8.37. The first-order valence-electron chi connectivity index (χ1n) is 8.91. The fourth-order valence-electron chi connectivity index (χ4n) is 2.84. The van der Waals surface area contributed by atoms with Crippen molar-refractivity contribution >= 4 is 62.4 Å². The first kappa shape index (κ1) is 22.9. The summed E-state index contributed by atoms with van der Waals surface area (Å²) in [4.78, 5) is 37.0. The number of imide groups is 1. The van der Waals surface area contributed by atoms with Crippen LogP contribution in [0.15, 0.2) is 47.4 Å². The number of amides is 4. The van der Waals surface area contributed by atoms with Crippen molar-refractivity contribution in [2.75, 3.05) is 16.6 Å². The van der Waals surface area contributed by atoms with E-state index in [1.54, 1.807) is 12.1 Å². The molecule has 2 aromatic carbocycles. The number of nitrogens with zero attached hydrogens (tertiary/aromatic N) is 1. The normalized spacial score (nSPS) is 15.5. The molecule has 0 unspecified atom stereocenters. The lowest BCUT2D eigenvalue weighted by atomic mass is 10.1. The first-order chi connectivity index (χ1) is 14.4. The van der Waals surface area contributed by atoms with E-state index < -0.39 is 40.0 Å². The highest BCUT2D eigenvalue weighted by molar-refractivity contribution is 7.92. The maximum atomic E-state index is 12.8. The zero-order valence-corrected chi connectivity index (χ0v) is 18.7. The van der Waals surface area contributed by atoms with E-state index in [1.165, 1.54) is 38.1 Å². The molecule has 0 radical (unpaired) electrons. The predicted molar refractivity (Wildman–Crippen MR) is 117 cm³/mol. The molecular formula is C19H18Cl2N4O5S. The molecule has 0 atom stereocenters. The van der Waals surface area contributed by atoms with E-state index in [2.05, 4.69) is 15.4 Å². The Balaban J connectivity index is 1.78. The van der Waals surface area contributed by atoms with Crippen molar-refractivity contribution in [2.45, 2.75) is 24.3 Å². The molecule has 0 aliphatic carbocycles. The number of carbonyl (C=O) groups excluding carboxylic acids is 3. The quantitative estimate of drug-likeness (QED) is 0.543. The minimum absolute atomic E-state index is 0.0756. The predicted octanol–water partition coefficient (Wildman–Crippen LogP) is 3.06. The Bertz CT molecular complexity index is 1180. The molecule has 0 aromatic heterocycles. The van der Waals surface area contributed by atoms with Gasteiger partial charge in [-0.2, -0.15) is 0 Å². The molecule has 164 valence electrons. The van der Waals surface area contributed by atoms with E-state index in [1.807, 2.05) is 0 Å². The maximum absolute atomic E-state index is 12.8. The standard InChI is InChI=1S/C19H18Cl2N4O5S/c1-19(2)17(27)25(18(28)23-19)10-16(26)22-11-7-8-13(21)15(9-11)31(29,30)24-14-6-4-3-5-12(14)20/h3-9,24H,10H2,1-2H3,(H,22,26)(H,23,28). The Kier molecular flexibility index (Phi) is 6.17. The molecule has 3 N–H and O–H groups in total. The van der Waals surface area contributed by atoms with Gasteiger partial charge in [-0.15, -0.1) is 0 Å². The Hall–Kier alpha value is -2.82. The summed E-state index contributed by atoms with van der Waals surface area (Å²) in [5, 5.41) is 5.05. The average molecular weight is 485 g/mol. The number of hydrogen-bond donors (Lipinski definition) is 3. The van der Waals surface area contributed by atoms with Crippen molar-refractivity contribution < 1.29 is 22.8 Å².